The van der Waals surface area contributed by atoms with E-state index in [0.29, 0.717) is 17.5 Å². The number of furan rings is 1. The van der Waals surface area contributed by atoms with E-state index in [1.54, 1.807) is 0 Å². The van der Waals surface area contributed by atoms with Gasteiger partial charge in [0, 0.05) is 49.5 Å². The zero-order valence-electron chi connectivity index (χ0n) is 26.9. The van der Waals surface area contributed by atoms with Crippen LogP contribution < -0.4 is 0 Å². The molecule has 0 bridgehead atoms. The minimum absolute atomic E-state index is 0.630. The van der Waals surface area contributed by atoms with Crippen LogP contribution >= 0.6 is 0 Å². The van der Waals surface area contributed by atoms with Gasteiger partial charge in [0.1, 0.15) is 11.2 Å². The molecule has 5 nitrogen and oxygen atoms in total. The SMILES string of the molecule is c1ccc(-c2nc(-c3ccccc3)nc(-c3ccc4c5ccccc5n(-c5ccc(-c6cccc7c6oc6ccccc67)cc5)c4c3)n2)cc1. The normalized spacial score (nSPS) is 11.6. The Morgan fingerprint density at radius 1 is 0.380 bits per heavy atom. The number of hydrogen-bond donors (Lipinski definition) is 0. The van der Waals surface area contributed by atoms with Crippen molar-refractivity contribution in [1.29, 1.82) is 0 Å². The highest BCUT2D eigenvalue weighted by atomic mass is 16.3. The fourth-order valence-corrected chi connectivity index (χ4v) is 7.09. The Kier molecular flexibility index (Phi) is 6.42. The van der Waals surface area contributed by atoms with Gasteiger partial charge >= 0.3 is 0 Å². The molecule has 10 rings (SSSR count). The van der Waals surface area contributed by atoms with E-state index >= 15 is 0 Å². The van der Waals surface area contributed by atoms with Crippen LogP contribution in [0.3, 0.4) is 0 Å². The molecule has 0 saturated carbocycles. The molecule has 5 heteroatoms. The number of para-hydroxylation sites is 3. The third-order valence-corrected chi connectivity index (χ3v) is 9.47. The first-order valence-electron chi connectivity index (χ1n) is 16.7. The molecule has 0 atom stereocenters. The summed E-state index contributed by atoms with van der Waals surface area (Å²) < 4.78 is 8.69. The van der Waals surface area contributed by atoms with Gasteiger partial charge in [-0.15, -0.1) is 0 Å². The van der Waals surface area contributed by atoms with Crippen molar-refractivity contribution in [2.45, 2.75) is 0 Å². The van der Waals surface area contributed by atoms with E-state index in [2.05, 4.69) is 102 Å². The smallest absolute Gasteiger partial charge is 0.164 e. The van der Waals surface area contributed by atoms with E-state index in [9.17, 15) is 0 Å². The van der Waals surface area contributed by atoms with E-state index in [1.807, 2.05) is 72.8 Å². The number of fused-ring (bicyclic) bond motifs is 6. The van der Waals surface area contributed by atoms with Gasteiger partial charge in [-0.3, -0.25) is 0 Å². The Balaban J connectivity index is 1.13. The van der Waals surface area contributed by atoms with Gasteiger partial charge in [0.25, 0.3) is 0 Å². The Morgan fingerprint density at radius 3 is 1.66 bits per heavy atom. The zero-order valence-corrected chi connectivity index (χ0v) is 26.9. The second-order valence-electron chi connectivity index (χ2n) is 12.5. The van der Waals surface area contributed by atoms with Crippen LogP contribution in [0.1, 0.15) is 0 Å². The predicted molar refractivity (Wildman–Crippen MR) is 203 cm³/mol. The lowest BCUT2D eigenvalue weighted by molar-refractivity contribution is 0.670. The minimum atomic E-state index is 0.630. The van der Waals surface area contributed by atoms with Crippen LogP contribution in [-0.4, -0.2) is 19.5 Å². The number of nitrogens with zero attached hydrogens (tertiary/aromatic N) is 4. The molecule has 3 aromatic heterocycles. The topological polar surface area (TPSA) is 56.7 Å². The summed E-state index contributed by atoms with van der Waals surface area (Å²) >= 11 is 0. The van der Waals surface area contributed by atoms with Gasteiger partial charge in [-0.05, 0) is 35.9 Å². The number of hydrogen-bond acceptors (Lipinski definition) is 4. The lowest BCUT2D eigenvalue weighted by Crippen LogP contribution is -2.00. The maximum atomic E-state index is 6.36. The minimum Gasteiger partial charge on any atom is -0.455 e. The monoisotopic (exact) mass is 640 g/mol. The molecule has 10 aromatic rings. The van der Waals surface area contributed by atoms with Gasteiger partial charge in [0.2, 0.25) is 0 Å². The van der Waals surface area contributed by atoms with E-state index < -0.39 is 0 Å². The molecule has 0 aliphatic heterocycles. The van der Waals surface area contributed by atoms with Crippen molar-refractivity contribution >= 4 is 43.7 Å². The van der Waals surface area contributed by atoms with Crippen molar-refractivity contribution in [2.75, 3.05) is 0 Å². The Bertz CT molecular complexity index is 2800. The number of rotatable bonds is 5. The standard InChI is InChI=1S/C45H28N4O/c1-3-12-30(13-4-1)43-46-44(31-14-5-2-6-15-31)48-45(47-43)32-24-27-36-35-16-7-9-20-39(35)49(40(36)28-32)33-25-22-29(23-26-33)34-18-11-19-38-37-17-8-10-21-41(37)50-42(34)38/h1-28H. The molecule has 0 unspecified atom stereocenters. The molecule has 0 spiro atoms. The van der Waals surface area contributed by atoms with Crippen LogP contribution in [0.5, 0.6) is 0 Å². The molecular weight excluding hydrogens is 613 g/mol. The van der Waals surface area contributed by atoms with Crippen LogP contribution in [-0.2, 0) is 0 Å². The molecule has 0 fully saturated rings. The number of benzene rings is 7. The summed E-state index contributed by atoms with van der Waals surface area (Å²) in [4.78, 5) is 14.9. The molecule has 0 aliphatic carbocycles. The van der Waals surface area contributed by atoms with Gasteiger partial charge in [-0.2, -0.15) is 0 Å². The molecule has 7 aromatic carbocycles. The maximum absolute atomic E-state index is 6.36. The summed E-state index contributed by atoms with van der Waals surface area (Å²) in [6.45, 7) is 0. The van der Waals surface area contributed by atoms with Crippen LogP contribution in [0.4, 0.5) is 0 Å². The van der Waals surface area contributed by atoms with Gasteiger partial charge in [-0.1, -0.05) is 140 Å². The van der Waals surface area contributed by atoms with E-state index in [0.717, 1.165) is 66.5 Å². The third-order valence-electron chi connectivity index (χ3n) is 9.47. The van der Waals surface area contributed by atoms with Crippen LogP contribution in [0.15, 0.2) is 174 Å². The summed E-state index contributed by atoms with van der Waals surface area (Å²) in [5.41, 5.74) is 10.1. The second-order valence-corrected chi connectivity index (χ2v) is 12.5. The van der Waals surface area contributed by atoms with Crippen molar-refractivity contribution < 1.29 is 4.42 Å². The van der Waals surface area contributed by atoms with Crippen molar-refractivity contribution in [3.05, 3.63) is 170 Å². The first-order chi connectivity index (χ1) is 24.8. The fraction of sp³-hybridized carbons (Fsp3) is 0. The summed E-state index contributed by atoms with van der Waals surface area (Å²) in [6, 6.07) is 58.6. The van der Waals surface area contributed by atoms with Gasteiger partial charge in [0.05, 0.1) is 11.0 Å². The quantitative estimate of drug-likeness (QED) is 0.188. The van der Waals surface area contributed by atoms with Crippen molar-refractivity contribution in [3.8, 4) is 51.0 Å². The zero-order chi connectivity index (χ0) is 33.0. The largest absolute Gasteiger partial charge is 0.455 e. The van der Waals surface area contributed by atoms with Crippen LogP contribution in [0.25, 0.3) is 94.7 Å². The van der Waals surface area contributed by atoms with Gasteiger partial charge < -0.3 is 8.98 Å². The molecule has 0 N–H and O–H groups in total. The molecule has 3 heterocycles. The average Bonchev–Trinajstić information content (AvgIpc) is 3.74. The fourth-order valence-electron chi connectivity index (χ4n) is 7.09. The highest BCUT2D eigenvalue weighted by molar-refractivity contribution is 6.11. The first kappa shape index (κ1) is 28.2. The lowest BCUT2D eigenvalue weighted by atomic mass is 10.0. The molecule has 0 radical (unpaired) electrons. The molecule has 0 saturated heterocycles. The first-order valence-corrected chi connectivity index (χ1v) is 16.7. The van der Waals surface area contributed by atoms with Gasteiger partial charge in [0.15, 0.2) is 17.5 Å². The van der Waals surface area contributed by atoms with Crippen LogP contribution in [0.2, 0.25) is 0 Å². The van der Waals surface area contributed by atoms with E-state index in [4.69, 9.17) is 19.4 Å². The summed E-state index contributed by atoms with van der Waals surface area (Å²) in [7, 11) is 0. The van der Waals surface area contributed by atoms with Crippen molar-refractivity contribution in [2.24, 2.45) is 0 Å². The summed E-state index contributed by atoms with van der Waals surface area (Å²) in [5, 5.41) is 4.62. The maximum Gasteiger partial charge on any atom is 0.164 e. The lowest BCUT2D eigenvalue weighted by Gasteiger charge is -2.11. The highest BCUT2D eigenvalue weighted by Gasteiger charge is 2.17. The molecule has 0 aliphatic rings. The van der Waals surface area contributed by atoms with Crippen molar-refractivity contribution in [3.63, 3.8) is 0 Å². The summed E-state index contributed by atoms with van der Waals surface area (Å²) in [5.74, 6) is 1.92. The summed E-state index contributed by atoms with van der Waals surface area (Å²) in [6.07, 6.45) is 0. The Hall–Kier alpha value is -6.85. The van der Waals surface area contributed by atoms with E-state index in [-0.39, 0.29) is 0 Å². The Labute approximate surface area is 287 Å². The van der Waals surface area contributed by atoms with Crippen molar-refractivity contribution in [1.82, 2.24) is 19.5 Å². The van der Waals surface area contributed by atoms with Crippen LogP contribution in [0, 0.1) is 0 Å². The molecule has 234 valence electrons. The predicted octanol–water partition coefficient (Wildman–Crippen LogP) is 11.5. The molecule has 50 heavy (non-hydrogen) atoms. The van der Waals surface area contributed by atoms with E-state index in [1.165, 1.54) is 10.8 Å². The van der Waals surface area contributed by atoms with Gasteiger partial charge in [-0.25, -0.2) is 15.0 Å². The second kappa shape index (κ2) is 11.4. The average molecular weight is 641 g/mol. The number of aromatic nitrogens is 4. The third kappa shape index (κ3) is 4.60. The Morgan fingerprint density at radius 2 is 0.940 bits per heavy atom. The molecule has 0 amide bonds. The molecular formula is C45H28N4O. The highest BCUT2D eigenvalue weighted by Crippen LogP contribution is 2.38.